The first-order valence-electron chi connectivity index (χ1n) is 5.53. The zero-order valence-electron chi connectivity index (χ0n) is 9.95. The van der Waals surface area contributed by atoms with Gasteiger partial charge >= 0.3 is 0 Å². The van der Waals surface area contributed by atoms with Gasteiger partial charge in [0.1, 0.15) is 0 Å². The molecule has 1 amide bonds. The molecule has 1 aliphatic heterocycles. The highest BCUT2D eigenvalue weighted by atomic mass is 16.5. The summed E-state index contributed by atoms with van der Waals surface area (Å²) in [5.74, 6) is 0.361. The minimum Gasteiger partial charge on any atom is -0.381 e. The van der Waals surface area contributed by atoms with Crippen molar-refractivity contribution in [3.05, 3.63) is 0 Å². The molecule has 0 saturated carbocycles. The molecular formula is C11H22N2O2. The zero-order valence-corrected chi connectivity index (χ0v) is 9.95. The minimum absolute atomic E-state index is 0.267. The second kappa shape index (κ2) is 4.94. The third-order valence-electron chi connectivity index (χ3n) is 3.43. The average Bonchev–Trinajstić information content (AvgIpc) is 2.18. The van der Waals surface area contributed by atoms with E-state index in [2.05, 4.69) is 0 Å². The second-order valence-electron chi connectivity index (χ2n) is 4.86. The molecule has 0 aromatic carbocycles. The molecule has 0 aromatic heterocycles. The summed E-state index contributed by atoms with van der Waals surface area (Å²) >= 11 is 0. The van der Waals surface area contributed by atoms with Crippen molar-refractivity contribution >= 4 is 5.91 Å². The van der Waals surface area contributed by atoms with Crippen LogP contribution >= 0.6 is 0 Å². The van der Waals surface area contributed by atoms with Crippen molar-refractivity contribution in [2.45, 2.75) is 32.2 Å². The van der Waals surface area contributed by atoms with Crippen LogP contribution in [0.25, 0.3) is 0 Å². The molecule has 0 spiro atoms. The summed E-state index contributed by atoms with van der Waals surface area (Å²) in [6.45, 7) is 6.34. The smallest absolute Gasteiger partial charge is 0.237 e. The number of amides is 1. The van der Waals surface area contributed by atoms with Gasteiger partial charge < -0.3 is 10.5 Å². The van der Waals surface area contributed by atoms with Crippen molar-refractivity contribution in [1.82, 2.24) is 4.90 Å². The van der Waals surface area contributed by atoms with Gasteiger partial charge in [-0.25, -0.2) is 0 Å². The lowest BCUT2D eigenvalue weighted by Gasteiger charge is -2.36. The van der Waals surface area contributed by atoms with Gasteiger partial charge in [-0.2, -0.15) is 0 Å². The Morgan fingerprint density at radius 1 is 1.47 bits per heavy atom. The summed E-state index contributed by atoms with van der Waals surface area (Å²) in [7, 11) is 1.96. The monoisotopic (exact) mass is 214 g/mol. The van der Waals surface area contributed by atoms with Crippen LogP contribution < -0.4 is 5.73 Å². The van der Waals surface area contributed by atoms with Crippen molar-refractivity contribution in [3.63, 3.8) is 0 Å². The van der Waals surface area contributed by atoms with Crippen LogP contribution in [-0.4, -0.2) is 43.2 Å². The molecule has 1 fully saturated rings. The number of likely N-dealkylation sites (N-methyl/N-ethyl adjacent to an activating group) is 1. The van der Waals surface area contributed by atoms with Gasteiger partial charge in [0.15, 0.2) is 0 Å². The third kappa shape index (κ3) is 3.18. The number of primary amides is 1. The molecule has 1 aliphatic rings. The Balaban J connectivity index is 2.46. The fraction of sp³-hybridized carbons (Fsp3) is 0.909. The lowest BCUT2D eigenvalue weighted by Crippen LogP contribution is -2.53. The Morgan fingerprint density at radius 3 is 2.47 bits per heavy atom. The highest BCUT2D eigenvalue weighted by Gasteiger charge is 2.31. The Labute approximate surface area is 91.8 Å². The molecule has 15 heavy (non-hydrogen) atoms. The summed E-state index contributed by atoms with van der Waals surface area (Å²) < 4.78 is 5.30. The molecule has 0 bridgehead atoms. The first-order chi connectivity index (χ1) is 6.94. The number of ether oxygens (including phenoxy) is 1. The Hall–Kier alpha value is -0.610. The van der Waals surface area contributed by atoms with E-state index < -0.39 is 5.54 Å². The van der Waals surface area contributed by atoms with Gasteiger partial charge in [0, 0.05) is 19.8 Å². The molecule has 0 unspecified atom stereocenters. The van der Waals surface area contributed by atoms with Crippen LogP contribution in [0.3, 0.4) is 0 Å². The summed E-state index contributed by atoms with van der Waals surface area (Å²) in [4.78, 5) is 13.3. The third-order valence-corrected chi connectivity index (χ3v) is 3.43. The molecule has 1 saturated heterocycles. The normalized spacial score (nSPS) is 19.5. The first-order valence-corrected chi connectivity index (χ1v) is 5.53. The topological polar surface area (TPSA) is 55.6 Å². The average molecular weight is 214 g/mol. The van der Waals surface area contributed by atoms with E-state index in [1.54, 1.807) is 0 Å². The number of hydrogen-bond donors (Lipinski definition) is 1. The van der Waals surface area contributed by atoms with Crippen LogP contribution in [-0.2, 0) is 9.53 Å². The standard InChI is InChI=1S/C11H22N2O2/c1-11(2,10(12)14)13(3)8-9-4-6-15-7-5-9/h9H,4-8H2,1-3H3,(H2,12,14). The number of carbonyl (C=O) groups excluding carboxylic acids is 1. The minimum atomic E-state index is -0.557. The lowest BCUT2D eigenvalue weighted by atomic mass is 9.96. The fourth-order valence-electron chi connectivity index (χ4n) is 1.73. The quantitative estimate of drug-likeness (QED) is 0.746. The zero-order chi connectivity index (χ0) is 11.5. The number of rotatable bonds is 4. The maximum Gasteiger partial charge on any atom is 0.237 e. The van der Waals surface area contributed by atoms with E-state index in [0.717, 1.165) is 32.6 Å². The van der Waals surface area contributed by atoms with Crippen LogP contribution in [0.2, 0.25) is 0 Å². The van der Waals surface area contributed by atoms with E-state index >= 15 is 0 Å². The summed E-state index contributed by atoms with van der Waals surface area (Å²) in [5, 5.41) is 0. The fourth-order valence-corrected chi connectivity index (χ4v) is 1.73. The molecule has 0 atom stereocenters. The van der Waals surface area contributed by atoms with Gasteiger partial charge in [-0.3, -0.25) is 9.69 Å². The predicted octanol–water partition coefficient (Wildman–Crippen LogP) is 0.609. The highest BCUT2D eigenvalue weighted by molar-refractivity contribution is 5.83. The van der Waals surface area contributed by atoms with Gasteiger partial charge in [-0.1, -0.05) is 0 Å². The summed E-state index contributed by atoms with van der Waals surface area (Å²) in [6.07, 6.45) is 2.17. The predicted molar refractivity (Wildman–Crippen MR) is 59.4 cm³/mol. The molecule has 88 valence electrons. The van der Waals surface area contributed by atoms with Crippen LogP contribution in [0.15, 0.2) is 0 Å². The molecule has 1 rings (SSSR count). The van der Waals surface area contributed by atoms with Gasteiger partial charge in [-0.15, -0.1) is 0 Å². The van der Waals surface area contributed by atoms with Crippen LogP contribution in [0.4, 0.5) is 0 Å². The number of nitrogens with two attached hydrogens (primary N) is 1. The highest BCUT2D eigenvalue weighted by Crippen LogP contribution is 2.20. The molecule has 0 aromatic rings. The Morgan fingerprint density at radius 2 is 2.00 bits per heavy atom. The second-order valence-corrected chi connectivity index (χ2v) is 4.86. The van der Waals surface area contributed by atoms with Gasteiger partial charge in [0.25, 0.3) is 0 Å². The first kappa shape index (κ1) is 12.5. The molecule has 0 aliphatic carbocycles. The SMILES string of the molecule is CN(CC1CCOCC1)C(C)(C)C(N)=O. The molecule has 4 heteroatoms. The van der Waals surface area contributed by atoms with Crippen molar-refractivity contribution < 1.29 is 9.53 Å². The van der Waals surface area contributed by atoms with Crippen LogP contribution in [0.5, 0.6) is 0 Å². The number of hydrogen-bond acceptors (Lipinski definition) is 3. The van der Waals surface area contributed by atoms with E-state index in [1.165, 1.54) is 0 Å². The van der Waals surface area contributed by atoms with E-state index in [1.807, 2.05) is 25.8 Å². The number of nitrogens with zero attached hydrogens (tertiary/aromatic N) is 1. The Bertz CT molecular complexity index is 223. The van der Waals surface area contributed by atoms with Crippen LogP contribution in [0, 0.1) is 5.92 Å². The van der Waals surface area contributed by atoms with Gasteiger partial charge in [-0.05, 0) is 39.7 Å². The van der Waals surface area contributed by atoms with E-state index in [0.29, 0.717) is 5.92 Å². The molecule has 4 nitrogen and oxygen atoms in total. The van der Waals surface area contributed by atoms with Crippen molar-refractivity contribution in [1.29, 1.82) is 0 Å². The van der Waals surface area contributed by atoms with Crippen molar-refractivity contribution in [3.8, 4) is 0 Å². The maximum atomic E-state index is 11.3. The molecule has 2 N–H and O–H groups in total. The molecule has 1 heterocycles. The molecular weight excluding hydrogens is 192 g/mol. The van der Waals surface area contributed by atoms with Gasteiger partial charge in [0.05, 0.1) is 5.54 Å². The van der Waals surface area contributed by atoms with Crippen molar-refractivity contribution in [2.75, 3.05) is 26.8 Å². The van der Waals surface area contributed by atoms with E-state index in [4.69, 9.17) is 10.5 Å². The summed E-state index contributed by atoms with van der Waals surface area (Å²) in [6, 6.07) is 0. The molecule has 0 radical (unpaired) electrons. The Kier molecular flexibility index (Phi) is 4.11. The van der Waals surface area contributed by atoms with Gasteiger partial charge in [0.2, 0.25) is 5.91 Å². The lowest BCUT2D eigenvalue weighted by molar-refractivity contribution is -0.128. The van der Waals surface area contributed by atoms with Crippen LogP contribution in [0.1, 0.15) is 26.7 Å². The number of carbonyl (C=O) groups is 1. The maximum absolute atomic E-state index is 11.3. The summed E-state index contributed by atoms with van der Waals surface area (Å²) in [5.41, 5.74) is 4.81. The largest absolute Gasteiger partial charge is 0.381 e. The van der Waals surface area contributed by atoms with E-state index in [9.17, 15) is 4.79 Å². The van der Waals surface area contributed by atoms with Crippen molar-refractivity contribution in [2.24, 2.45) is 11.7 Å². The van der Waals surface area contributed by atoms with E-state index in [-0.39, 0.29) is 5.91 Å².